The summed E-state index contributed by atoms with van der Waals surface area (Å²) in [6.07, 6.45) is 8.89. The normalized spacial score (nSPS) is 15.1. The van der Waals surface area contributed by atoms with Gasteiger partial charge in [0.25, 0.3) is 0 Å². The van der Waals surface area contributed by atoms with Crippen molar-refractivity contribution >= 4 is 35.5 Å². The van der Waals surface area contributed by atoms with Crippen LogP contribution in [0.5, 0.6) is 0 Å². The molecular formula is C23H36N8O5S. The number of hydrogen-bond acceptors (Lipinski definition) is 8. The zero-order valence-electron chi connectivity index (χ0n) is 21.2. The van der Waals surface area contributed by atoms with Crippen molar-refractivity contribution in [2.45, 2.75) is 63.7 Å². The van der Waals surface area contributed by atoms with Crippen LogP contribution >= 0.6 is 11.8 Å². The maximum absolute atomic E-state index is 13.3. The fourth-order valence-corrected chi connectivity index (χ4v) is 4.01. The third-order valence-corrected chi connectivity index (χ3v) is 6.61. The molecule has 0 fully saturated rings. The summed E-state index contributed by atoms with van der Waals surface area (Å²) in [7, 11) is 0. The number of carbonyl (C=O) groups excluding carboxylic acids is 3. The molecule has 0 spiro atoms. The number of imidazole rings is 2. The number of amides is 3. The highest BCUT2D eigenvalue weighted by atomic mass is 32.2. The van der Waals surface area contributed by atoms with E-state index < -0.39 is 47.9 Å². The first-order valence-corrected chi connectivity index (χ1v) is 13.4. The summed E-state index contributed by atoms with van der Waals surface area (Å²) in [4.78, 5) is 64.5. The lowest BCUT2D eigenvalue weighted by molar-refractivity contribution is -0.142. The van der Waals surface area contributed by atoms with Crippen molar-refractivity contribution in [1.29, 1.82) is 0 Å². The molecule has 13 nitrogen and oxygen atoms in total. The summed E-state index contributed by atoms with van der Waals surface area (Å²) >= 11 is 1.46. The van der Waals surface area contributed by atoms with Gasteiger partial charge in [0, 0.05) is 36.6 Å². The Bertz CT molecular complexity index is 1000. The van der Waals surface area contributed by atoms with E-state index in [1.54, 1.807) is 13.1 Å². The number of rotatable bonds is 16. The molecule has 2 aromatic rings. The van der Waals surface area contributed by atoms with Gasteiger partial charge in [0.2, 0.25) is 17.7 Å². The van der Waals surface area contributed by atoms with Crippen molar-refractivity contribution < 1.29 is 24.3 Å². The Balaban J connectivity index is 2.16. The molecule has 5 unspecified atom stereocenters. The molecule has 0 bridgehead atoms. The summed E-state index contributed by atoms with van der Waals surface area (Å²) in [6.45, 7) is 3.68. The molecule has 0 aliphatic heterocycles. The van der Waals surface area contributed by atoms with E-state index in [0.717, 1.165) is 0 Å². The van der Waals surface area contributed by atoms with Gasteiger partial charge in [-0.1, -0.05) is 20.3 Å². The van der Waals surface area contributed by atoms with Gasteiger partial charge in [-0.15, -0.1) is 0 Å². The number of aromatic nitrogens is 4. The van der Waals surface area contributed by atoms with Gasteiger partial charge in [-0.25, -0.2) is 14.8 Å². The van der Waals surface area contributed by atoms with E-state index in [2.05, 4.69) is 35.9 Å². The number of aromatic amines is 2. The van der Waals surface area contributed by atoms with Crippen LogP contribution in [0.25, 0.3) is 0 Å². The molecule has 0 aliphatic rings. The molecule has 3 amide bonds. The van der Waals surface area contributed by atoms with E-state index in [1.165, 1.54) is 30.6 Å². The first-order valence-electron chi connectivity index (χ1n) is 12.0. The first-order chi connectivity index (χ1) is 17.7. The number of carboxylic acids is 1. The fourth-order valence-electron chi connectivity index (χ4n) is 3.54. The second kappa shape index (κ2) is 15.0. The number of H-pyrrole nitrogens is 2. The van der Waals surface area contributed by atoms with Crippen LogP contribution in [0.4, 0.5) is 0 Å². The second-order valence-corrected chi connectivity index (χ2v) is 9.77. The van der Waals surface area contributed by atoms with E-state index in [-0.39, 0.29) is 25.2 Å². The lowest BCUT2D eigenvalue weighted by Gasteiger charge is -2.28. The molecule has 2 rings (SSSR count). The van der Waals surface area contributed by atoms with Gasteiger partial charge in [0.05, 0.1) is 18.7 Å². The van der Waals surface area contributed by atoms with Crippen molar-refractivity contribution in [3.63, 3.8) is 0 Å². The van der Waals surface area contributed by atoms with E-state index in [1.807, 2.05) is 13.2 Å². The molecule has 5 atom stereocenters. The van der Waals surface area contributed by atoms with Crippen LogP contribution in [0.1, 0.15) is 38.1 Å². The highest BCUT2D eigenvalue weighted by molar-refractivity contribution is 7.98. The Hall–Kier alpha value is -3.39. The molecule has 204 valence electrons. The van der Waals surface area contributed by atoms with Crippen molar-refractivity contribution in [3.05, 3.63) is 36.4 Å². The van der Waals surface area contributed by atoms with Gasteiger partial charge in [-0.3, -0.25) is 14.4 Å². The molecule has 0 aliphatic carbocycles. The summed E-state index contributed by atoms with van der Waals surface area (Å²) in [6, 6.07) is -4.09. The number of nitrogens with one attached hydrogen (secondary N) is 5. The Kier molecular flexibility index (Phi) is 12.1. The Morgan fingerprint density at radius 2 is 1.57 bits per heavy atom. The lowest BCUT2D eigenvalue weighted by atomic mass is 9.97. The molecule has 37 heavy (non-hydrogen) atoms. The molecule has 0 aromatic carbocycles. The highest BCUT2D eigenvalue weighted by Crippen LogP contribution is 2.11. The zero-order valence-corrected chi connectivity index (χ0v) is 22.0. The molecule has 0 saturated heterocycles. The number of aliphatic carboxylic acids is 1. The quantitative estimate of drug-likeness (QED) is 0.148. The van der Waals surface area contributed by atoms with Crippen LogP contribution in [-0.2, 0) is 32.0 Å². The molecule has 2 heterocycles. The van der Waals surface area contributed by atoms with Gasteiger partial charge in [0.1, 0.15) is 18.1 Å². The minimum Gasteiger partial charge on any atom is -0.480 e. The highest BCUT2D eigenvalue weighted by Gasteiger charge is 2.32. The van der Waals surface area contributed by atoms with Crippen LogP contribution in [-0.4, -0.2) is 84.9 Å². The summed E-state index contributed by atoms with van der Waals surface area (Å²) < 4.78 is 0. The van der Waals surface area contributed by atoms with Crippen molar-refractivity contribution in [1.82, 2.24) is 35.9 Å². The lowest BCUT2D eigenvalue weighted by Crippen LogP contribution is -2.59. The summed E-state index contributed by atoms with van der Waals surface area (Å²) in [5, 5.41) is 17.4. The molecule has 14 heteroatoms. The number of nitrogens with two attached hydrogens (primary N) is 1. The Labute approximate surface area is 219 Å². The standard InChI is InChI=1S/C23H36N8O5S/c1-4-13(2)19(31-20(32)16(24)7-14-9-25-11-27-14)22(34)30-18(8-15-10-26-12-28-15)21(33)29-17(23(35)36)5-6-37-3/h9-13,16-19H,4-8,24H2,1-3H3,(H,25,27)(H,26,28)(H,29,33)(H,30,34)(H,31,32)(H,35,36). The monoisotopic (exact) mass is 536 g/mol. The SMILES string of the molecule is CCC(C)C(NC(=O)C(N)Cc1cnc[nH]1)C(=O)NC(Cc1cnc[nH]1)C(=O)NC(CCSC)C(=O)O. The van der Waals surface area contributed by atoms with E-state index >= 15 is 0 Å². The minimum atomic E-state index is -1.16. The average molecular weight is 537 g/mol. The van der Waals surface area contributed by atoms with Gasteiger partial charge in [0.15, 0.2) is 0 Å². The number of carbonyl (C=O) groups is 4. The molecule has 8 N–H and O–H groups in total. The molecular weight excluding hydrogens is 500 g/mol. The third kappa shape index (κ3) is 9.53. The largest absolute Gasteiger partial charge is 0.480 e. The maximum atomic E-state index is 13.3. The Morgan fingerprint density at radius 1 is 0.973 bits per heavy atom. The summed E-state index contributed by atoms with van der Waals surface area (Å²) in [5.41, 5.74) is 7.29. The smallest absolute Gasteiger partial charge is 0.326 e. The predicted octanol–water partition coefficient (Wildman–Crippen LogP) is -0.416. The third-order valence-electron chi connectivity index (χ3n) is 5.96. The van der Waals surface area contributed by atoms with Gasteiger partial charge >= 0.3 is 5.97 Å². The average Bonchev–Trinajstić information content (AvgIpc) is 3.58. The molecule has 2 aromatic heterocycles. The maximum Gasteiger partial charge on any atom is 0.326 e. The van der Waals surface area contributed by atoms with Crippen LogP contribution in [0, 0.1) is 5.92 Å². The van der Waals surface area contributed by atoms with Gasteiger partial charge in [-0.05, 0) is 24.3 Å². The minimum absolute atomic E-state index is 0.0486. The predicted molar refractivity (Wildman–Crippen MR) is 138 cm³/mol. The first kappa shape index (κ1) is 29.8. The number of thioether (sulfide) groups is 1. The molecule has 0 radical (unpaired) electrons. The van der Waals surface area contributed by atoms with Crippen molar-refractivity contribution in [2.75, 3.05) is 12.0 Å². The van der Waals surface area contributed by atoms with Crippen molar-refractivity contribution in [2.24, 2.45) is 11.7 Å². The fraction of sp³-hybridized carbons (Fsp3) is 0.565. The second-order valence-electron chi connectivity index (χ2n) is 8.78. The molecule has 0 saturated carbocycles. The van der Waals surface area contributed by atoms with Crippen LogP contribution in [0.3, 0.4) is 0 Å². The summed E-state index contributed by atoms with van der Waals surface area (Å²) in [5.74, 6) is -2.64. The van der Waals surface area contributed by atoms with Gasteiger partial charge in [-0.2, -0.15) is 11.8 Å². The van der Waals surface area contributed by atoms with Crippen LogP contribution in [0.2, 0.25) is 0 Å². The van der Waals surface area contributed by atoms with Crippen LogP contribution < -0.4 is 21.7 Å². The van der Waals surface area contributed by atoms with E-state index in [0.29, 0.717) is 23.6 Å². The number of carboxylic acid groups (broad SMARTS) is 1. The van der Waals surface area contributed by atoms with Crippen molar-refractivity contribution in [3.8, 4) is 0 Å². The van der Waals surface area contributed by atoms with E-state index in [9.17, 15) is 24.3 Å². The van der Waals surface area contributed by atoms with Crippen LogP contribution in [0.15, 0.2) is 25.0 Å². The topological polar surface area (TPSA) is 208 Å². The van der Waals surface area contributed by atoms with E-state index in [4.69, 9.17) is 5.73 Å². The Morgan fingerprint density at radius 3 is 2.08 bits per heavy atom. The number of nitrogens with zero attached hydrogens (tertiary/aromatic N) is 2. The van der Waals surface area contributed by atoms with Gasteiger partial charge < -0.3 is 36.8 Å². The zero-order chi connectivity index (χ0) is 27.4. The number of hydrogen-bond donors (Lipinski definition) is 7.